The van der Waals surface area contributed by atoms with Crippen molar-refractivity contribution in [3.05, 3.63) is 30.3 Å². The van der Waals surface area contributed by atoms with E-state index in [1.807, 2.05) is 5.01 Å². The number of para-hydroxylation sites is 1. The Labute approximate surface area is 176 Å². The number of anilines is 1. The zero-order valence-corrected chi connectivity index (χ0v) is 19.0. The summed E-state index contributed by atoms with van der Waals surface area (Å²) in [6.45, 7) is 5.56. The Morgan fingerprint density at radius 2 is 1.11 bits per heavy atom. The first-order chi connectivity index (χ1) is 13.8. The molecule has 0 aromatic heterocycles. The third-order valence-corrected chi connectivity index (χ3v) is 6.05. The summed E-state index contributed by atoms with van der Waals surface area (Å²) in [5.74, 6) is 7.15. The van der Waals surface area contributed by atoms with Gasteiger partial charge in [0.05, 0.1) is 5.69 Å². The molecule has 0 spiro atoms. The van der Waals surface area contributed by atoms with Gasteiger partial charge in [-0.2, -0.15) is 0 Å². The maximum atomic E-state index is 6.31. The first kappa shape index (κ1) is 25.0. The van der Waals surface area contributed by atoms with E-state index in [0.29, 0.717) is 0 Å². The van der Waals surface area contributed by atoms with Crippen molar-refractivity contribution in [1.29, 1.82) is 0 Å². The molecule has 162 valence electrons. The number of nitrogens with two attached hydrogens (primary N) is 1. The van der Waals surface area contributed by atoms with Crippen LogP contribution < -0.4 is 10.9 Å². The zero-order valence-electron chi connectivity index (χ0n) is 19.0. The fourth-order valence-electron chi connectivity index (χ4n) is 4.11. The summed E-state index contributed by atoms with van der Waals surface area (Å²) in [6, 6.07) is 10.4. The highest BCUT2D eigenvalue weighted by atomic mass is 15.4. The number of nitrogens with zero attached hydrogens (tertiary/aromatic N) is 1. The molecule has 2 nitrogen and oxygen atoms in total. The van der Waals surface area contributed by atoms with Gasteiger partial charge in [0.2, 0.25) is 0 Å². The first-order valence-corrected chi connectivity index (χ1v) is 12.3. The zero-order chi connectivity index (χ0) is 20.3. The van der Waals surface area contributed by atoms with Crippen LogP contribution in [0, 0.1) is 5.92 Å². The van der Waals surface area contributed by atoms with E-state index < -0.39 is 0 Å². The highest BCUT2D eigenvalue weighted by Gasteiger charge is 2.11. The molecule has 1 rings (SSSR count). The molecule has 0 radical (unpaired) electrons. The smallest absolute Gasteiger partial charge is 0.0517 e. The van der Waals surface area contributed by atoms with Gasteiger partial charge in [-0.05, 0) is 24.5 Å². The average Bonchev–Trinajstić information content (AvgIpc) is 2.73. The summed E-state index contributed by atoms with van der Waals surface area (Å²) in [7, 11) is 0. The lowest BCUT2D eigenvalue weighted by molar-refractivity contribution is 0.381. The van der Waals surface area contributed by atoms with Crippen molar-refractivity contribution in [3.63, 3.8) is 0 Å². The minimum atomic E-state index is 0.844. The normalized spacial score (nSPS) is 12.2. The van der Waals surface area contributed by atoms with E-state index in [4.69, 9.17) is 5.84 Å². The predicted molar refractivity (Wildman–Crippen MR) is 127 cm³/mol. The van der Waals surface area contributed by atoms with Crippen molar-refractivity contribution in [3.8, 4) is 0 Å². The second-order valence-corrected chi connectivity index (χ2v) is 8.65. The highest BCUT2D eigenvalue weighted by Crippen LogP contribution is 2.23. The largest absolute Gasteiger partial charge is 0.311 e. The number of rotatable bonds is 19. The minimum absolute atomic E-state index is 0.844. The lowest BCUT2D eigenvalue weighted by Gasteiger charge is -2.23. The lowest BCUT2D eigenvalue weighted by atomic mass is 9.91. The van der Waals surface area contributed by atoms with Crippen molar-refractivity contribution in [2.75, 3.05) is 11.6 Å². The molecule has 0 saturated heterocycles. The number of benzene rings is 1. The van der Waals surface area contributed by atoms with E-state index in [1.54, 1.807) is 0 Å². The SMILES string of the molecule is CCCCCCCCCCC(CCCCCCC)CCN(N)c1ccccc1. The number of hydrazine groups is 1. The van der Waals surface area contributed by atoms with Crippen molar-refractivity contribution < 1.29 is 0 Å². The molecule has 0 aliphatic rings. The maximum Gasteiger partial charge on any atom is 0.0517 e. The Hall–Kier alpha value is -1.02. The van der Waals surface area contributed by atoms with Crippen molar-refractivity contribution in [2.24, 2.45) is 11.8 Å². The number of unbranched alkanes of at least 4 members (excludes halogenated alkanes) is 11. The molecule has 0 heterocycles. The molecule has 0 aliphatic heterocycles. The maximum absolute atomic E-state index is 6.31. The number of hydrogen-bond donors (Lipinski definition) is 1. The molecule has 1 aromatic carbocycles. The standard InChI is InChI=1S/C26H48N2/c1-3-5-7-9-10-11-13-16-20-25(19-15-12-8-6-4-2)23-24-28(27)26-21-17-14-18-22-26/h14,17-18,21-22,25H,3-13,15-16,19-20,23-24,27H2,1-2H3. The highest BCUT2D eigenvalue weighted by molar-refractivity contribution is 5.43. The van der Waals surface area contributed by atoms with Gasteiger partial charge in [-0.3, -0.25) is 0 Å². The molecule has 0 fully saturated rings. The van der Waals surface area contributed by atoms with Gasteiger partial charge in [-0.1, -0.05) is 128 Å². The Morgan fingerprint density at radius 1 is 0.643 bits per heavy atom. The van der Waals surface area contributed by atoms with Crippen LogP contribution in [0.2, 0.25) is 0 Å². The molecule has 0 bridgehead atoms. The molecule has 1 atom stereocenters. The lowest BCUT2D eigenvalue weighted by Crippen LogP contribution is -2.32. The van der Waals surface area contributed by atoms with Gasteiger partial charge in [0.15, 0.2) is 0 Å². The molecule has 2 heteroatoms. The van der Waals surface area contributed by atoms with Crippen LogP contribution in [0.15, 0.2) is 30.3 Å². The molecular formula is C26H48N2. The van der Waals surface area contributed by atoms with E-state index >= 15 is 0 Å². The van der Waals surface area contributed by atoms with Gasteiger partial charge in [0.1, 0.15) is 0 Å². The monoisotopic (exact) mass is 388 g/mol. The third-order valence-electron chi connectivity index (χ3n) is 6.05. The van der Waals surface area contributed by atoms with Crippen LogP contribution in [0.3, 0.4) is 0 Å². The quantitative estimate of drug-likeness (QED) is 0.147. The topological polar surface area (TPSA) is 29.3 Å². The second kappa shape index (κ2) is 18.0. The summed E-state index contributed by atoms with van der Waals surface area (Å²) < 4.78 is 0. The molecule has 2 N–H and O–H groups in total. The Kier molecular flexibility index (Phi) is 16.1. The average molecular weight is 389 g/mol. The summed E-state index contributed by atoms with van der Waals surface area (Å²) >= 11 is 0. The molecule has 28 heavy (non-hydrogen) atoms. The Bertz CT molecular complexity index is 431. The van der Waals surface area contributed by atoms with Crippen molar-refractivity contribution in [2.45, 2.75) is 117 Å². The summed E-state index contributed by atoms with van der Waals surface area (Å²) in [5, 5.41) is 1.94. The van der Waals surface area contributed by atoms with Crippen LogP contribution in [0.5, 0.6) is 0 Å². The van der Waals surface area contributed by atoms with Crippen molar-refractivity contribution >= 4 is 5.69 Å². The summed E-state index contributed by atoms with van der Waals surface area (Å²) in [6.07, 6.45) is 22.3. The molecule has 0 amide bonds. The van der Waals surface area contributed by atoms with E-state index in [9.17, 15) is 0 Å². The molecular weight excluding hydrogens is 340 g/mol. The summed E-state index contributed by atoms with van der Waals surface area (Å²) in [5.41, 5.74) is 1.14. The molecule has 0 aliphatic carbocycles. The third kappa shape index (κ3) is 13.2. The van der Waals surface area contributed by atoms with Crippen LogP contribution in [-0.2, 0) is 0 Å². The van der Waals surface area contributed by atoms with Crippen LogP contribution in [0.25, 0.3) is 0 Å². The Balaban J connectivity index is 2.26. The van der Waals surface area contributed by atoms with Gasteiger partial charge < -0.3 is 5.01 Å². The van der Waals surface area contributed by atoms with Crippen molar-refractivity contribution in [1.82, 2.24) is 0 Å². The number of hydrogen-bond acceptors (Lipinski definition) is 2. The van der Waals surface area contributed by atoms with Crippen LogP contribution in [-0.4, -0.2) is 6.54 Å². The fraction of sp³-hybridized carbons (Fsp3) is 0.769. The van der Waals surface area contributed by atoms with Gasteiger partial charge in [-0.25, -0.2) is 5.84 Å². The van der Waals surface area contributed by atoms with E-state index in [1.165, 1.54) is 103 Å². The first-order valence-electron chi connectivity index (χ1n) is 12.3. The van der Waals surface area contributed by atoms with Gasteiger partial charge in [0, 0.05) is 6.54 Å². The van der Waals surface area contributed by atoms with Gasteiger partial charge in [0.25, 0.3) is 0 Å². The molecule has 1 unspecified atom stereocenters. The molecule has 1 aromatic rings. The second-order valence-electron chi connectivity index (χ2n) is 8.65. The van der Waals surface area contributed by atoms with E-state index in [-0.39, 0.29) is 0 Å². The van der Waals surface area contributed by atoms with E-state index in [2.05, 4.69) is 44.2 Å². The summed E-state index contributed by atoms with van der Waals surface area (Å²) in [4.78, 5) is 0. The van der Waals surface area contributed by atoms with Crippen LogP contribution in [0.1, 0.15) is 117 Å². The minimum Gasteiger partial charge on any atom is -0.311 e. The predicted octanol–water partition coefficient (Wildman–Crippen LogP) is 8.26. The molecule has 0 saturated carbocycles. The fourth-order valence-corrected chi connectivity index (χ4v) is 4.11. The van der Waals surface area contributed by atoms with Gasteiger partial charge in [-0.15, -0.1) is 0 Å². The van der Waals surface area contributed by atoms with Gasteiger partial charge >= 0.3 is 0 Å². The Morgan fingerprint density at radius 3 is 1.61 bits per heavy atom. The van der Waals surface area contributed by atoms with Crippen LogP contribution >= 0.6 is 0 Å². The van der Waals surface area contributed by atoms with Crippen LogP contribution in [0.4, 0.5) is 5.69 Å². The van der Waals surface area contributed by atoms with E-state index in [0.717, 1.165) is 18.2 Å².